The number of carboxylic acid groups (broad SMARTS) is 1. The molecule has 1 aliphatic rings. The standard InChI is InChI=1S/C28H36N4O5/c1-17(18-10-12-20(36-5)13-11-18)14-24(30-27(35)37-28(2,3)4)31-32-23(25(32)26(33)34)15-19-16-29-22-9-7-6-8-21(19)22/h6-13,16-17,23-25,29,31H,14-15H2,1-5H3,(H,30,35)(H,33,34)/t17?,23-,24?,25-,32?/m1/s1. The number of aromatic amines is 1. The Hall–Kier alpha value is -3.56. The van der Waals surface area contributed by atoms with Crippen molar-refractivity contribution in [2.75, 3.05) is 7.11 Å². The van der Waals surface area contributed by atoms with Crippen LogP contribution in [0.15, 0.2) is 54.7 Å². The fraction of sp³-hybridized carbons (Fsp3) is 0.429. The smallest absolute Gasteiger partial charge is 0.408 e. The van der Waals surface area contributed by atoms with E-state index in [9.17, 15) is 14.7 Å². The van der Waals surface area contributed by atoms with Gasteiger partial charge in [0.2, 0.25) is 0 Å². The summed E-state index contributed by atoms with van der Waals surface area (Å²) in [5, 5.41) is 15.6. The number of fused-ring (bicyclic) bond motifs is 1. The van der Waals surface area contributed by atoms with Gasteiger partial charge in [-0.2, -0.15) is 0 Å². The van der Waals surface area contributed by atoms with Gasteiger partial charge in [0.15, 0.2) is 0 Å². The summed E-state index contributed by atoms with van der Waals surface area (Å²) in [6.07, 6.45) is 1.91. The van der Waals surface area contributed by atoms with Gasteiger partial charge in [-0.15, -0.1) is 0 Å². The third-order valence-electron chi connectivity index (χ3n) is 6.56. The first-order valence-corrected chi connectivity index (χ1v) is 12.5. The lowest BCUT2D eigenvalue weighted by atomic mass is 9.96. The van der Waals surface area contributed by atoms with Gasteiger partial charge >= 0.3 is 12.1 Å². The van der Waals surface area contributed by atoms with Crippen molar-refractivity contribution in [2.24, 2.45) is 0 Å². The zero-order valence-electron chi connectivity index (χ0n) is 21.9. The van der Waals surface area contributed by atoms with Crippen LogP contribution < -0.4 is 15.5 Å². The minimum atomic E-state index is -0.906. The van der Waals surface area contributed by atoms with Crippen molar-refractivity contribution in [2.45, 2.75) is 70.3 Å². The molecule has 9 nitrogen and oxygen atoms in total. The van der Waals surface area contributed by atoms with Crippen molar-refractivity contribution >= 4 is 23.0 Å². The van der Waals surface area contributed by atoms with Gasteiger partial charge in [-0.25, -0.2) is 15.2 Å². The number of benzene rings is 2. The average Bonchev–Trinajstić information content (AvgIpc) is 3.35. The predicted molar refractivity (Wildman–Crippen MR) is 141 cm³/mol. The molecule has 5 atom stereocenters. The largest absolute Gasteiger partial charge is 0.497 e. The number of carbonyl (C=O) groups excluding carboxylic acids is 1. The Morgan fingerprint density at radius 2 is 1.84 bits per heavy atom. The van der Waals surface area contributed by atoms with Crippen molar-refractivity contribution in [1.29, 1.82) is 0 Å². The van der Waals surface area contributed by atoms with Gasteiger partial charge in [0.05, 0.1) is 19.3 Å². The maximum atomic E-state index is 12.6. The number of carboxylic acids is 1. The molecule has 1 fully saturated rings. The summed E-state index contributed by atoms with van der Waals surface area (Å²) in [6, 6.07) is 14.8. The first kappa shape index (κ1) is 26.5. The Labute approximate surface area is 217 Å². The van der Waals surface area contributed by atoms with Crippen LogP contribution in [0, 0.1) is 0 Å². The second-order valence-corrected chi connectivity index (χ2v) is 10.6. The van der Waals surface area contributed by atoms with E-state index >= 15 is 0 Å². The molecular formula is C28H36N4O5. The Bertz CT molecular complexity index is 1230. The monoisotopic (exact) mass is 508 g/mol. The SMILES string of the molecule is COc1ccc(C(C)CC(NC(=O)OC(C)(C)C)NN2[C@H](Cc3c[nH]c4ccccc34)[C@@H]2C(=O)O)cc1. The molecule has 198 valence electrons. The molecule has 4 N–H and O–H groups in total. The Morgan fingerprint density at radius 1 is 1.14 bits per heavy atom. The van der Waals surface area contributed by atoms with Crippen molar-refractivity contribution in [3.63, 3.8) is 0 Å². The number of methoxy groups -OCH3 is 1. The number of hydrogen-bond donors (Lipinski definition) is 4. The van der Waals surface area contributed by atoms with Gasteiger partial charge in [0, 0.05) is 17.1 Å². The van der Waals surface area contributed by atoms with Crippen LogP contribution in [-0.4, -0.2) is 58.1 Å². The van der Waals surface area contributed by atoms with E-state index in [1.807, 2.05) is 54.7 Å². The minimum Gasteiger partial charge on any atom is -0.497 e. The number of carbonyl (C=O) groups is 2. The number of alkyl carbamates (subject to hydrolysis) is 1. The van der Waals surface area contributed by atoms with Gasteiger partial charge < -0.3 is 24.9 Å². The molecule has 3 aromatic rings. The number of amides is 1. The molecule has 1 amide bonds. The lowest BCUT2D eigenvalue weighted by Gasteiger charge is -2.27. The van der Waals surface area contributed by atoms with E-state index in [1.54, 1.807) is 32.9 Å². The van der Waals surface area contributed by atoms with Crippen LogP contribution in [0.4, 0.5) is 4.79 Å². The van der Waals surface area contributed by atoms with Crippen LogP contribution in [0.2, 0.25) is 0 Å². The number of nitrogens with one attached hydrogen (secondary N) is 3. The van der Waals surface area contributed by atoms with Crippen molar-refractivity contribution < 1.29 is 24.2 Å². The molecule has 9 heteroatoms. The van der Waals surface area contributed by atoms with Crippen LogP contribution in [0.5, 0.6) is 5.75 Å². The van der Waals surface area contributed by atoms with Crippen LogP contribution in [0.1, 0.15) is 51.2 Å². The second kappa shape index (κ2) is 10.8. The highest BCUT2D eigenvalue weighted by Gasteiger charge is 2.54. The summed E-state index contributed by atoms with van der Waals surface area (Å²) < 4.78 is 10.7. The van der Waals surface area contributed by atoms with E-state index in [1.165, 1.54) is 0 Å². The van der Waals surface area contributed by atoms with Crippen LogP contribution in [0.25, 0.3) is 10.9 Å². The molecule has 1 saturated heterocycles. The summed E-state index contributed by atoms with van der Waals surface area (Å²) in [6.45, 7) is 7.47. The summed E-state index contributed by atoms with van der Waals surface area (Å²) in [4.78, 5) is 28.0. The molecule has 0 bridgehead atoms. The first-order chi connectivity index (χ1) is 17.6. The normalized spacial score (nSPS) is 20.7. The van der Waals surface area contributed by atoms with Gasteiger partial charge in [0.25, 0.3) is 0 Å². The third-order valence-corrected chi connectivity index (χ3v) is 6.56. The average molecular weight is 509 g/mol. The molecule has 1 aromatic heterocycles. The lowest BCUT2D eigenvalue weighted by Crippen LogP contribution is -2.50. The second-order valence-electron chi connectivity index (χ2n) is 10.6. The Kier molecular flexibility index (Phi) is 7.75. The van der Waals surface area contributed by atoms with E-state index in [4.69, 9.17) is 9.47 Å². The van der Waals surface area contributed by atoms with Gasteiger partial charge in [-0.05, 0) is 68.9 Å². The zero-order chi connectivity index (χ0) is 26.7. The fourth-order valence-electron chi connectivity index (χ4n) is 4.67. The number of hydrogen-bond acceptors (Lipinski definition) is 6. The number of rotatable bonds is 10. The molecule has 1 aliphatic heterocycles. The number of para-hydroxylation sites is 1. The topological polar surface area (TPSA) is 116 Å². The molecule has 0 spiro atoms. The number of aromatic nitrogens is 1. The van der Waals surface area contributed by atoms with Crippen molar-refractivity contribution in [1.82, 2.24) is 20.7 Å². The van der Waals surface area contributed by atoms with Crippen molar-refractivity contribution in [3.05, 3.63) is 65.9 Å². The highest BCUT2D eigenvalue weighted by molar-refractivity contribution is 5.84. The maximum absolute atomic E-state index is 12.6. The third kappa shape index (κ3) is 6.61. The summed E-state index contributed by atoms with van der Waals surface area (Å²) in [7, 11) is 1.62. The van der Waals surface area contributed by atoms with Crippen LogP contribution in [-0.2, 0) is 16.0 Å². The van der Waals surface area contributed by atoms with E-state index < -0.39 is 29.9 Å². The molecule has 3 unspecified atom stereocenters. The van der Waals surface area contributed by atoms with E-state index in [0.717, 1.165) is 27.8 Å². The number of ether oxygens (including phenoxy) is 2. The number of H-pyrrole nitrogens is 1. The van der Waals surface area contributed by atoms with E-state index in [-0.39, 0.29) is 12.0 Å². The highest BCUT2D eigenvalue weighted by atomic mass is 16.6. The Balaban J connectivity index is 1.49. The summed E-state index contributed by atoms with van der Waals surface area (Å²) in [5.74, 6) is -0.0729. The number of hydrazine groups is 1. The lowest BCUT2D eigenvalue weighted by molar-refractivity contribution is -0.137. The fourth-order valence-corrected chi connectivity index (χ4v) is 4.67. The van der Waals surface area contributed by atoms with Crippen LogP contribution >= 0.6 is 0 Å². The van der Waals surface area contributed by atoms with E-state index in [2.05, 4.69) is 22.7 Å². The summed E-state index contributed by atoms with van der Waals surface area (Å²) in [5.41, 5.74) is 5.77. The zero-order valence-corrected chi connectivity index (χ0v) is 21.9. The first-order valence-electron chi connectivity index (χ1n) is 12.5. The van der Waals surface area contributed by atoms with Gasteiger partial charge in [-0.3, -0.25) is 4.79 Å². The molecule has 0 aliphatic carbocycles. The summed E-state index contributed by atoms with van der Waals surface area (Å²) >= 11 is 0. The quantitative estimate of drug-likeness (QED) is 0.237. The van der Waals surface area contributed by atoms with Gasteiger partial charge in [0.1, 0.15) is 17.4 Å². The van der Waals surface area contributed by atoms with E-state index in [0.29, 0.717) is 12.8 Å². The molecule has 2 heterocycles. The Morgan fingerprint density at radius 3 is 2.49 bits per heavy atom. The van der Waals surface area contributed by atoms with Crippen LogP contribution in [0.3, 0.4) is 0 Å². The van der Waals surface area contributed by atoms with Gasteiger partial charge in [-0.1, -0.05) is 37.3 Å². The number of aliphatic carboxylic acids is 1. The number of nitrogens with zero attached hydrogens (tertiary/aromatic N) is 1. The molecule has 2 aromatic carbocycles. The molecule has 0 radical (unpaired) electrons. The van der Waals surface area contributed by atoms with Crippen molar-refractivity contribution in [3.8, 4) is 5.75 Å². The highest BCUT2D eigenvalue weighted by Crippen LogP contribution is 2.33. The molecule has 0 saturated carbocycles. The molecule has 37 heavy (non-hydrogen) atoms. The maximum Gasteiger partial charge on any atom is 0.408 e. The molecular weight excluding hydrogens is 472 g/mol. The predicted octanol–water partition coefficient (Wildman–Crippen LogP) is 4.41. The minimum absolute atomic E-state index is 0.0636. The molecule has 4 rings (SSSR count).